The second-order valence-electron chi connectivity index (χ2n) is 9.86. The third kappa shape index (κ3) is 4.05. The lowest BCUT2D eigenvalue weighted by atomic mass is 9.65. The van der Waals surface area contributed by atoms with Crippen molar-refractivity contribution in [3.8, 4) is 40.2 Å². The number of hydrogen-bond donors (Lipinski definition) is 1. The van der Waals surface area contributed by atoms with Crippen LogP contribution < -0.4 is 29.0 Å². The zero-order valence-electron chi connectivity index (χ0n) is 22.5. The molecular formula is C29H26N4O8. The van der Waals surface area contributed by atoms with Gasteiger partial charge in [0.2, 0.25) is 18.4 Å². The molecule has 0 saturated carbocycles. The summed E-state index contributed by atoms with van der Waals surface area (Å²) in [5.74, 6) is 1.50. The first-order valence-corrected chi connectivity index (χ1v) is 13.0. The van der Waals surface area contributed by atoms with Crippen LogP contribution in [0.2, 0.25) is 0 Å². The molecule has 1 N–H and O–H groups in total. The number of carbonyl (C=O) groups excluding carboxylic acids is 1. The average molecular weight is 559 g/mol. The van der Waals surface area contributed by atoms with Crippen molar-refractivity contribution in [2.75, 3.05) is 40.0 Å². The molecule has 1 aliphatic carbocycles. The van der Waals surface area contributed by atoms with E-state index in [0.29, 0.717) is 34.6 Å². The third-order valence-corrected chi connectivity index (χ3v) is 7.86. The summed E-state index contributed by atoms with van der Waals surface area (Å²) in [7, 11) is 4.67. The fourth-order valence-corrected chi connectivity index (χ4v) is 6.05. The Bertz CT molecular complexity index is 1600. The second kappa shape index (κ2) is 9.88. The summed E-state index contributed by atoms with van der Waals surface area (Å²) in [6.07, 6.45) is 3.31. The molecule has 4 atom stereocenters. The minimum absolute atomic E-state index is 0.110. The summed E-state index contributed by atoms with van der Waals surface area (Å²) in [6, 6.07) is 11.0. The Morgan fingerprint density at radius 3 is 2.27 bits per heavy atom. The molecule has 2 aromatic carbocycles. The van der Waals surface area contributed by atoms with Gasteiger partial charge in [0.1, 0.15) is 0 Å². The molecule has 1 saturated heterocycles. The zero-order chi connectivity index (χ0) is 28.1. The van der Waals surface area contributed by atoms with Gasteiger partial charge in [-0.15, -0.1) is 5.10 Å². The molecule has 1 fully saturated rings. The number of pyridine rings is 1. The van der Waals surface area contributed by atoms with E-state index in [9.17, 15) is 4.79 Å². The van der Waals surface area contributed by atoms with Crippen molar-refractivity contribution in [2.45, 2.75) is 12.0 Å². The van der Waals surface area contributed by atoms with Crippen LogP contribution in [0.15, 0.2) is 53.2 Å². The number of benzene rings is 2. The lowest BCUT2D eigenvalue weighted by molar-refractivity contribution is -0.141. The number of nitrogens with one attached hydrogen (secondary N) is 1. The lowest BCUT2D eigenvalue weighted by Crippen LogP contribution is -2.37. The van der Waals surface area contributed by atoms with E-state index in [-0.39, 0.29) is 31.3 Å². The maximum Gasteiger partial charge on any atom is 0.316 e. The van der Waals surface area contributed by atoms with Crippen molar-refractivity contribution in [1.82, 2.24) is 15.2 Å². The normalized spacial score (nSPS) is 22.0. The fourth-order valence-electron chi connectivity index (χ4n) is 6.05. The van der Waals surface area contributed by atoms with Gasteiger partial charge < -0.3 is 38.2 Å². The number of hydrogen-bond acceptors (Lipinski definition) is 12. The predicted molar refractivity (Wildman–Crippen MR) is 142 cm³/mol. The van der Waals surface area contributed by atoms with Crippen molar-refractivity contribution < 1.29 is 37.6 Å². The largest absolute Gasteiger partial charge is 0.493 e. The highest BCUT2D eigenvalue weighted by Crippen LogP contribution is 2.56. The van der Waals surface area contributed by atoms with Gasteiger partial charge >= 0.3 is 12.0 Å². The molecule has 0 spiro atoms. The molecule has 12 nitrogen and oxygen atoms in total. The van der Waals surface area contributed by atoms with E-state index in [1.165, 1.54) is 0 Å². The Labute approximate surface area is 234 Å². The highest BCUT2D eigenvalue weighted by atomic mass is 16.7. The maximum absolute atomic E-state index is 13.4. The van der Waals surface area contributed by atoms with Gasteiger partial charge in [-0.2, -0.15) is 0 Å². The average Bonchev–Trinajstić information content (AvgIpc) is 3.76. The minimum Gasteiger partial charge on any atom is -0.493 e. The van der Waals surface area contributed by atoms with E-state index in [0.717, 1.165) is 22.3 Å². The number of ether oxygens (including phenoxy) is 6. The monoisotopic (exact) mass is 558 g/mol. The van der Waals surface area contributed by atoms with Crippen molar-refractivity contribution >= 4 is 12.0 Å². The SMILES string of the molecule is COc1cc([C@@H]2c3cc4c(cc3[C@@H](Nc3nnc(-c5ccncc5)o3)[C@H]3COC(=O)[C@H]23)OCO4)cc(OC)c1OC. The van der Waals surface area contributed by atoms with Crippen LogP contribution >= 0.6 is 0 Å². The van der Waals surface area contributed by atoms with Crippen molar-refractivity contribution in [2.24, 2.45) is 11.8 Å². The van der Waals surface area contributed by atoms with Crippen LogP contribution in [0.4, 0.5) is 6.01 Å². The van der Waals surface area contributed by atoms with E-state index in [1.807, 2.05) is 24.3 Å². The first-order valence-electron chi connectivity index (χ1n) is 13.0. The standard InChI is InChI=1S/C29H26N4O8/c1-35-21-8-15(9-22(36-2)26(21)37-3)23-16-10-19-20(40-13-39-19)11-17(16)25(18-12-38-28(34)24(18)23)31-29-33-32-27(41-29)14-4-6-30-7-5-14/h4-11,18,23-25H,12-13H2,1-3H3,(H,31,33)/t18-,23+,24-,25+/m0/s1. The first kappa shape index (κ1) is 25.0. The number of carbonyl (C=O) groups is 1. The van der Waals surface area contributed by atoms with Crippen LogP contribution in [-0.4, -0.2) is 55.9 Å². The Hall–Kier alpha value is -5.00. The molecule has 0 amide bonds. The molecule has 0 radical (unpaired) electrons. The van der Waals surface area contributed by atoms with E-state index in [1.54, 1.807) is 45.9 Å². The van der Waals surface area contributed by atoms with Crippen LogP contribution in [0.1, 0.15) is 28.7 Å². The van der Waals surface area contributed by atoms with Gasteiger partial charge in [-0.05, 0) is 53.1 Å². The summed E-state index contributed by atoms with van der Waals surface area (Å²) in [5, 5.41) is 11.8. The fraction of sp³-hybridized carbons (Fsp3) is 0.310. The number of rotatable bonds is 7. The summed E-state index contributed by atoms with van der Waals surface area (Å²) in [4.78, 5) is 17.4. The van der Waals surface area contributed by atoms with Crippen LogP contribution in [0.3, 0.4) is 0 Å². The molecule has 0 unspecified atom stereocenters. The predicted octanol–water partition coefficient (Wildman–Crippen LogP) is 3.97. The molecule has 210 valence electrons. The number of esters is 1. The van der Waals surface area contributed by atoms with E-state index in [2.05, 4.69) is 20.5 Å². The molecule has 7 rings (SSSR count). The van der Waals surface area contributed by atoms with E-state index >= 15 is 0 Å². The minimum atomic E-state index is -0.536. The van der Waals surface area contributed by atoms with Gasteiger partial charge in [-0.1, -0.05) is 5.10 Å². The van der Waals surface area contributed by atoms with Crippen molar-refractivity contribution in [3.05, 3.63) is 65.5 Å². The summed E-state index contributed by atoms with van der Waals surface area (Å²) in [6.45, 7) is 0.320. The Morgan fingerprint density at radius 2 is 1.59 bits per heavy atom. The van der Waals surface area contributed by atoms with Gasteiger partial charge in [0.25, 0.3) is 0 Å². The Morgan fingerprint density at radius 1 is 0.878 bits per heavy atom. The zero-order valence-corrected chi connectivity index (χ0v) is 22.5. The molecule has 4 aromatic rings. The smallest absolute Gasteiger partial charge is 0.316 e. The van der Waals surface area contributed by atoms with Gasteiger partial charge in [-0.3, -0.25) is 9.78 Å². The van der Waals surface area contributed by atoms with E-state index < -0.39 is 17.9 Å². The molecule has 3 aliphatic rings. The van der Waals surface area contributed by atoms with E-state index in [4.69, 9.17) is 32.8 Å². The number of fused-ring (bicyclic) bond motifs is 3. The molecule has 2 aromatic heterocycles. The van der Waals surface area contributed by atoms with Crippen LogP contribution in [0.25, 0.3) is 11.5 Å². The first-order chi connectivity index (χ1) is 20.1. The number of methoxy groups -OCH3 is 3. The molecule has 0 bridgehead atoms. The molecule has 4 heterocycles. The lowest BCUT2D eigenvalue weighted by Gasteiger charge is -2.39. The maximum atomic E-state index is 13.4. The summed E-state index contributed by atoms with van der Waals surface area (Å²) < 4.78 is 39.9. The third-order valence-electron chi connectivity index (χ3n) is 7.86. The van der Waals surface area contributed by atoms with Crippen molar-refractivity contribution in [3.63, 3.8) is 0 Å². The highest BCUT2D eigenvalue weighted by molar-refractivity contribution is 5.79. The number of aromatic nitrogens is 3. The number of cyclic esters (lactones) is 1. The highest BCUT2D eigenvalue weighted by Gasteiger charge is 2.53. The summed E-state index contributed by atoms with van der Waals surface area (Å²) in [5.41, 5.74) is 3.32. The molecular weight excluding hydrogens is 532 g/mol. The van der Waals surface area contributed by atoms with Gasteiger partial charge in [0, 0.05) is 29.8 Å². The van der Waals surface area contributed by atoms with Crippen LogP contribution in [0, 0.1) is 11.8 Å². The van der Waals surface area contributed by atoms with Gasteiger partial charge in [0.15, 0.2) is 23.0 Å². The van der Waals surface area contributed by atoms with Crippen LogP contribution in [0.5, 0.6) is 28.7 Å². The molecule has 41 heavy (non-hydrogen) atoms. The quantitative estimate of drug-likeness (QED) is 0.329. The van der Waals surface area contributed by atoms with Gasteiger partial charge in [0.05, 0.1) is 39.9 Å². The Kier molecular flexibility index (Phi) is 6.02. The summed E-state index contributed by atoms with van der Waals surface area (Å²) >= 11 is 0. The molecule has 12 heteroatoms. The molecule has 2 aliphatic heterocycles. The number of anilines is 1. The van der Waals surface area contributed by atoms with Crippen LogP contribution in [-0.2, 0) is 9.53 Å². The Balaban J connectivity index is 1.36. The van der Waals surface area contributed by atoms with Crippen molar-refractivity contribution in [1.29, 1.82) is 0 Å². The number of nitrogens with zero attached hydrogens (tertiary/aromatic N) is 3. The second-order valence-corrected chi connectivity index (χ2v) is 9.86. The van der Waals surface area contributed by atoms with Gasteiger partial charge in [-0.25, -0.2) is 0 Å². The topological polar surface area (TPSA) is 136 Å².